The van der Waals surface area contributed by atoms with Crippen LogP contribution in [0.3, 0.4) is 0 Å². The topological polar surface area (TPSA) is 89.7 Å². The van der Waals surface area contributed by atoms with Crippen molar-refractivity contribution < 1.29 is 23.0 Å². The molecule has 1 aromatic heterocycles. The summed E-state index contributed by atoms with van der Waals surface area (Å²) in [4.78, 5) is 17.9. The van der Waals surface area contributed by atoms with Crippen molar-refractivity contribution in [3.05, 3.63) is 53.7 Å². The van der Waals surface area contributed by atoms with Gasteiger partial charge in [-0.05, 0) is 37.2 Å². The number of methoxy groups -OCH3 is 1. The summed E-state index contributed by atoms with van der Waals surface area (Å²) >= 11 is 5.25. The molecule has 32 heavy (non-hydrogen) atoms. The Morgan fingerprint density at radius 2 is 1.84 bits per heavy atom. The van der Waals surface area contributed by atoms with E-state index in [4.69, 9.17) is 27.4 Å². The highest BCUT2D eigenvalue weighted by atomic mass is 32.1. The van der Waals surface area contributed by atoms with Crippen molar-refractivity contribution in [1.82, 2.24) is 9.88 Å². The van der Waals surface area contributed by atoms with Crippen LogP contribution in [-0.2, 0) is 0 Å². The van der Waals surface area contributed by atoms with Crippen LogP contribution in [0.25, 0.3) is 10.9 Å². The number of primary amides is 1. The first kappa shape index (κ1) is 21.7. The zero-order valence-corrected chi connectivity index (χ0v) is 18.0. The van der Waals surface area contributed by atoms with Gasteiger partial charge >= 0.3 is 0 Å². The lowest BCUT2D eigenvalue weighted by Crippen LogP contribution is -2.32. The molecule has 1 amide bonds. The Morgan fingerprint density at radius 3 is 2.47 bits per heavy atom. The number of nitrogens with zero attached hydrogens (tertiary/aromatic N) is 2. The molecule has 4 rings (SSSR count). The van der Waals surface area contributed by atoms with E-state index in [1.807, 2.05) is 4.90 Å². The van der Waals surface area contributed by atoms with Crippen LogP contribution in [0, 0.1) is 11.6 Å². The van der Waals surface area contributed by atoms with E-state index in [0.29, 0.717) is 10.9 Å². The number of thiocarbonyl (C=S) groups is 1. The average Bonchev–Trinajstić information content (AvgIpc) is 3.30. The molecule has 7 nitrogen and oxygen atoms in total. The highest BCUT2D eigenvalue weighted by Crippen LogP contribution is 2.35. The second kappa shape index (κ2) is 8.91. The van der Waals surface area contributed by atoms with Crippen LogP contribution in [0.1, 0.15) is 23.2 Å². The summed E-state index contributed by atoms with van der Waals surface area (Å²) in [6, 6.07) is 6.64. The minimum Gasteiger partial charge on any atom is -0.496 e. The number of aromatic nitrogens is 1. The number of ether oxygens (including phenoxy) is 2. The molecule has 166 valence electrons. The average molecular weight is 458 g/mol. The number of likely N-dealkylation sites (tertiary alicyclic amines) is 1. The number of benzene rings is 2. The third-order valence-electron chi connectivity index (χ3n) is 5.16. The number of hydrogen-bond donors (Lipinski definition) is 2. The smallest absolute Gasteiger partial charge is 0.252 e. The summed E-state index contributed by atoms with van der Waals surface area (Å²) < 4.78 is 40.3. The molecule has 0 aliphatic carbocycles. The Morgan fingerprint density at radius 1 is 1.16 bits per heavy atom. The quantitative estimate of drug-likeness (QED) is 0.554. The Labute approximate surface area is 188 Å². The molecule has 1 saturated heterocycles. The van der Waals surface area contributed by atoms with Gasteiger partial charge in [-0.2, -0.15) is 0 Å². The predicted octanol–water partition coefficient (Wildman–Crippen LogP) is 4.21. The third-order valence-corrected chi connectivity index (χ3v) is 5.52. The van der Waals surface area contributed by atoms with Gasteiger partial charge in [-0.15, -0.1) is 0 Å². The van der Waals surface area contributed by atoms with Gasteiger partial charge in [0.15, 0.2) is 16.7 Å². The summed E-state index contributed by atoms with van der Waals surface area (Å²) in [5.41, 5.74) is 5.67. The maximum Gasteiger partial charge on any atom is 0.252 e. The van der Waals surface area contributed by atoms with Crippen LogP contribution in [0.2, 0.25) is 0 Å². The molecule has 2 heterocycles. The number of nitrogens with one attached hydrogen (secondary N) is 1. The molecule has 3 N–H and O–H groups in total. The summed E-state index contributed by atoms with van der Waals surface area (Å²) in [5, 5.41) is 3.36. The number of hydrogen-bond acceptors (Lipinski definition) is 5. The summed E-state index contributed by atoms with van der Waals surface area (Å²) in [6.45, 7) is 1.51. The van der Waals surface area contributed by atoms with Gasteiger partial charge in [0.1, 0.15) is 22.9 Å². The van der Waals surface area contributed by atoms with Crippen molar-refractivity contribution in [2.75, 3.05) is 25.5 Å². The standard InChI is InChI=1S/C22H20F2N4O3S/c1-30-19-11-17-13(10-14(19)21(25)29)18(4-5-26-17)31-12-8-15(23)20(16(24)9-12)27-22(32)28-6-2-3-7-28/h4-5,8-11H,2-3,6-7H2,1H3,(H2,25,29)(H,27,32). The number of pyridine rings is 1. The molecule has 0 unspecified atom stereocenters. The van der Waals surface area contributed by atoms with E-state index in [9.17, 15) is 13.6 Å². The van der Waals surface area contributed by atoms with E-state index < -0.39 is 17.5 Å². The molecule has 0 spiro atoms. The molecule has 2 aromatic carbocycles. The molecule has 1 aliphatic rings. The van der Waals surface area contributed by atoms with E-state index in [-0.39, 0.29) is 33.6 Å². The molecule has 0 atom stereocenters. The van der Waals surface area contributed by atoms with Crippen molar-refractivity contribution >= 4 is 39.8 Å². The number of nitrogens with two attached hydrogens (primary N) is 1. The van der Waals surface area contributed by atoms with Crippen LogP contribution in [0.4, 0.5) is 14.5 Å². The van der Waals surface area contributed by atoms with Crippen molar-refractivity contribution in [3.63, 3.8) is 0 Å². The molecule has 3 aromatic rings. The first-order valence-corrected chi connectivity index (χ1v) is 10.3. The van der Waals surface area contributed by atoms with Gasteiger partial charge in [-0.3, -0.25) is 9.78 Å². The maximum atomic E-state index is 14.7. The highest BCUT2D eigenvalue weighted by Gasteiger charge is 2.20. The lowest BCUT2D eigenvalue weighted by Gasteiger charge is -2.20. The van der Waals surface area contributed by atoms with E-state index in [2.05, 4.69) is 10.3 Å². The largest absolute Gasteiger partial charge is 0.496 e. The highest BCUT2D eigenvalue weighted by molar-refractivity contribution is 7.80. The molecule has 10 heteroatoms. The number of rotatable bonds is 5. The predicted molar refractivity (Wildman–Crippen MR) is 120 cm³/mol. The van der Waals surface area contributed by atoms with Crippen LogP contribution in [0.15, 0.2) is 36.5 Å². The van der Waals surface area contributed by atoms with Gasteiger partial charge in [0.2, 0.25) is 0 Å². The van der Waals surface area contributed by atoms with Crippen LogP contribution < -0.4 is 20.5 Å². The van der Waals surface area contributed by atoms with E-state index in [1.54, 1.807) is 0 Å². The second-order valence-electron chi connectivity index (χ2n) is 7.23. The van der Waals surface area contributed by atoms with Crippen molar-refractivity contribution in [2.24, 2.45) is 5.73 Å². The summed E-state index contributed by atoms with van der Waals surface area (Å²) in [6.07, 6.45) is 3.45. The minimum absolute atomic E-state index is 0.0680. The van der Waals surface area contributed by atoms with Gasteiger partial charge in [0.25, 0.3) is 5.91 Å². The number of carbonyl (C=O) groups is 1. The fourth-order valence-electron chi connectivity index (χ4n) is 3.56. The van der Waals surface area contributed by atoms with E-state index >= 15 is 0 Å². The summed E-state index contributed by atoms with van der Waals surface area (Å²) in [5.74, 6) is -1.95. The first-order valence-electron chi connectivity index (χ1n) is 9.86. The molecule has 0 bridgehead atoms. The van der Waals surface area contributed by atoms with Crippen molar-refractivity contribution in [3.8, 4) is 17.2 Å². The Bertz CT molecular complexity index is 1190. The molecule has 0 radical (unpaired) electrons. The van der Waals surface area contributed by atoms with Gasteiger partial charge < -0.3 is 25.4 Å². The van der Waals surface area contributed by atoms with E-state index in [0.717, 1.165) is 38.1 Å². The number of anilines is 1. The monoisotopic (exact) mass is 458 g/mol. The van der Waals surface area contributed by atoms with Crippen LogP contribution in [0.5, 0.6) is 17.2 Å². The minimum atomic E-state index is -0.848. The maximum absolute atomic E-state index is 14.7. The summed E-state index contributed by atoms with van der Waals surface area (Å²) in [7, 11) is 1.41. The SMILES string of the molecule is COc1cc2nccc(Oc3cc(F)c(NC(=S)N4CCCC4)c(F)c3)c2cc1C(N)=O. The second-order valence-corrected chi connectivity index (χ2v) is 7.62. The first-order chi connectivity index (χ1) is 15.4. The van der Waals surface area contributed by atoms with Gasteiger partial charge in [-0.1, -0.05) is 0 Å². The number of carbonyl (C=O) groups excluding carboxylic acids is 1. The van der Waals surface area contributed by atoms with Crippen molar-refractivity contribution in [1.29, 1.82) is 0 Å². The zero-order valence-electron chi connectivity index (χ0n) is 17.2. The van der Waals surface area contributed by atoms with Crippen LogP contribution >= 0.6 is 12.2 Å². The van der Waals surface area contributed by atoms with E-state index in [1.165, 1.54) is 31.5 Å². The Balaban J connectivity index is 1.64. The normalized spacial score (nSPS) is 13.3. The fraction of sp³-hybridized carbons (Fsp3) is 0.227. The number of amides is 1. The van der Waals surface area contributed by atoms with Gasteiger partial charge in [-0.25, -0.2) is 8.78 Å². The van der Waals surface area contributed by atoms with Gasteiger partial charge in [0.05, 0.1) is 18.2 Å². The molecule has 1 fully saturated rings. The lowest BCUT2D eigenvalue weighted by molar-refractivity contribution is 0.0997. The van der Waals surface area contributed by atoms with Crippen LogP contribution in [-0.4, -0.2) is 41.1 Å². The Kier molecular flexibility index (Phi) is 6.04. The number of halogens is 2. The third kappa shape index (κ3) is 4.26. The van der Waals surface area contributed by atoms with Crippen molar-refractivity contribution in [2.45, 2.75) is 12.8 Å². The van der Waals surface area contributed by atoms with Gasteiger partial charge in [0, 0.05) is 42.9 Å². The molecule has 0 saturated carbocycles. The molecular formula is C22H20F2N4O3S. The lowest BCUT2D eigenvalue weighted by atomic mass is 10.1. The Hall–Kier alpha value is -3.53. The molecule has 1 aliphatic heterocycles. The molecular weight excluding hydrogens is 438 g/mol. The number of fused-ring (bicyclic) bond motifs is 1. The fourth-order valence-corrected chi connectivity index (χ4v) is 3.84. The zero-order chi connectivity index (χ0) is 22.8.